The molecule has 0 fully saturated rings. The van der Waals surface area contributed by atoms with Gasteiger partial charge in [-0.15, -0.1) is 0 Å². The summed E-state index contributed by atoms with van der Waals surface area (Å²) in [6.45, 7) is 0. The fraction of sp³-hybridized carbons (Fsp3) is 0.0909. The third kappa shape index (κ3) is 4.58. The van der Waals surface area contributed by atoms with E-state index in [1.54, 1.807) is 46.4 Å². The van der Waals surface area contributed by atoms with E-state index in [1.165, 1.54) is 0 Å². The SMILES string of the molecule is c1cncc(C(SSC(c2cccnc2)c2cccnc2)c2cccnc2)c1. The molecule has 6 heteroatoms. The molecule has 0 saturated carbocycles. The fourth-order valence-electron chi connectivity index (χ4n) is 2.84. The van der Waals surface area contributed by atoms with E-state index in [1.807, 2.05) is 49.1 Å². The molecule has 0 amide bonds. The van der Waals surface area contributed by atoms with Gasteiger partial charge in [0.2, 0.25) is 0 Å². The Hall–Kier alpha value is -2.70. The van der Waals surface area contributed by atoms with Crippen LogP contribution in [0.4, 0.5) is 0 Å². The standard InChI is InChI=1S/C22H18N4S2/c1-5-17(13-23-9-1)21(18-6-2-10-24-14-18)27-28-22(19-7-3-11-25-15-19)20-8-4-12-26-16-20/h1-16,21-22H. The second-order valence-electron chi connectivity index (χ2n) is 6.10. The maximum atomic E-state index is 4.31. The third-order valence-electron chi connectivity index (χ3n) is 4.20. The van der Waals surface area contributed by atoms with Gasteiger partial charge in [0.25, 0.3) is 0 Å². The molecule has 0 aliphatic heterocycles. The van der Waals surface area contributed by atoms with Crippen molar-refractivity contribution in [3.05, 3.63) is 120 Å². The Morgan fingerprint density at radius 2 is 0.750 bits per heavy atom. The number of hydrogen-bond acceptors (Lipinski definition) is 6. The summed E-state index contributed by atoms with van der Waals surface area (Å²) in [4.78, 5) is 17.2. The zero-order valence-electron chi connectivity index (χ0n) is 15.0. The van der Waals surface area contributed by atoms with Gasteiger partial charge >= 0.3 is 0 Å². The van der Waals surface area contributed by atoms with Crippen molar-refractivity contribution in [3.63, 3.8) is 0 Å². The third-order valence-corrected chi connectivity index (χ3v) is 7.27. The van der Waals surface area contributed by atoms with Crippen LogP contribution in [0.2, 0.25) is 0 Å². The van der Waals surface area contributed by atoms with Gasteiger partial charge in [0.15, 0.2) is 0 Å². The number of nitrogens with zero attached hydrogens (tertiary/aromatic N) is 4. The largest absolute Gasteiger partial charge is 0.264 e. The van der Waals surface area contributed by atoms with E-state index < -0.39 is 0 Å². The highest BCUT2D eigenvalue weighted by atomic mass is 33.1. The maximum absolute atomic E-state index is 4.31. The van der Waals surface area contributed by atoms with Crippen LogP contribution in [0.15, 0.2) is 98.1 Å². The van der Waals surface area contributed by atoms with Gasteiger partial charge in [-0.2, -0.15) is 0 Å². The molecule has 0 unspecified atom stereocenters. The summed E-state index contributed by atoms with van der Waals surface area (Å²) in [5.41, 5.74) is 4.63. The fourth-order valence-corrected chi connectivity index (χ4v) is 6.07. The molecule has 0 spiro atoms. The summed E-state index contributed by atoms with van der Waals surface area (Å²) in [5, 5.41) is 0.256. The molecule has 0 aliphatic rings. The first kappa shape index (κ1) is 18.7. The lowest BCUT2D eigenvalue weighted by molar-refractivity contribution is 1.09. The van der Waals surface area contributed by atoms with Crippen LogP contribution >= 0.6 is 21.6 Å². The van der Waals surface area contributed by atoms with Gasteiger partial charge in [-0.25, -0.2) is 0 Å². The second-order valence-corrected chi connectivity index (χ2v) is 8.58. The van der Waals surface area contributed by atoms with Crippen LogP contribution in [0.5, 0.6) is 0 Å². The van der Waals surface area contributed by atoms with Crippen LogP contribution in [-0.2, 0) is 0 Å². The van der Waals surface area contributed by atoms with Crippen LogP contribution in [0, 0.1) is 0 Å². The van der Waals surface area contributed by atoms with Crippen LogP contribution in [0.3, 0.4) is 0 Å². The van der Waals surface area contributed by atoms with Gasteiger partial charge in [0, 0.05) is 49.6 Å². The van der Waals surface area contributed by atoms with Gasteiger partial charge in [-0.1, -0.05) is 45.9 Å². The minimum atomic E-state index is 0.128. The van der Waals surface area contributed by atoms with Crippen molar-refractivity contribution in [1.82, 2.24) is 19.9 Å². The first-order chi connectivity index (χ1) is 13.9. The van der Waals surface area contributed by atoms with E-state index in [2.05, 4.69) is 44.2 Å². The molecule has 0 aliphatic carbocycles. The first-order valence-electron chi connectivity index (χ1n) is 8.83. The minimum absolute atomic E-state index is 0.128. The summed E-state index contributed by atoms with van der Waals surface area (Å²) >= 11 is 0. The summed E-state index contributed by atoms with van der Waals surface area (Å²) in [7, 11) is 3.61. The van der Waals surface area contributed by atoms with Crippen LogP contribution in [-0.4, -0.2) is 19.9 Å². The smallest absolute Gasteiger partial charge is 0.0680 e. The van der Waals surface area contributed by atoms with Crippen molar-refractivity contribution in [2.75, 3.05) is 0 Å². The molecule has 0 N–H and O–H groups in total. The van der Waals surface area contributed by atoms with Crippen LogP contribution < -0.4 is 0 Å². The normalized spacial score (nSPS) is 11.1. The highest BCUT2D eigenvalue weighted by Gasteiger charge is 2.21. The Morgan fingerprint density at radius 1 is 0.464 bits per heavy atom. The highest BCUT2D eigenvalue weighted by Crippen LogP contribution is 2.50. The molecule has 0 aromatic carbocycles. The number of rotatable bonds is 7. The average Bonchev–Trinajstić information content (AvgIpc) is 2.79. The lowest BCUT2D eigenvalue weighted by atomic mass is 10.1. The Balaban J connectivity index is 1.64. The topological polar surface area (TPSA) is 51.6 Å². The molecule has 0 bridgehead atoms. The molecule has 28 heavy (non-hydrogen) atoms. The first-order valence-corrected chi connectivity index (χ1v) is 11.1. The van der Waals surface area contributed by atoms with Gasteiger partial charge in [-0.05, 0) is 46.5 Å². The summed E-state index contributed by atoms with van der Waals surface area (Å²) < 4.78 is 0. The van der Waals surface area contributed by atoms with Gasteiger partial charge in [-0.3, -0.25) is 19.9 Å². The van der Waals surface area contributed by atoms with E-state index >= 15 is 0 Å². The van der Waals surface area contributed by atoms with Crippen molar-refractivity contribution in [2.24, 2.45) is 0 Å². The zero-order chi connectivity index (χ0) is 19.0. The predicted octanol–water partition coefficient (Wildman–Crippen LogP) is 5.53. The van der Waals surface area contributed by atoms with Crippen molar-refractivity contribution in [2.45, 2.75) is 10.5 Å². The molecule has 4 aromatic rings. The van der Waals surface area contributed by atoms with E-state index in [-0.39, 0.29) is 10.5 Å². The number of aromatic nitrogens is 4. The van der Waals surface area contributed by atoms with Crippen molar-refractivity contribution in [3.8, 4) is 0 Å². The molecule has 0 radical (unpaired) electrons. The Labute approximate surface area is 172 Å². The average molecular weight is 403 g/mol. The minimum Gasteiger partial charge on any atom is -0.264 e. The summed E-state index contributed by atoms with van der Waals surface area (Å²) in [6, 6.07) is 16.4. The number of hydrogen-bond donors (Lipinski definition) is 0. The van der Waals surface area contributed by atoms with Crippen LogP contribution in [0.1, 0.15) is 32.8 Å². The van der Waals surface area contributed by atoms with E-state index in [0.29, 0.717) is 0 Å². The molecule has 4 rings (SSSR count). The molecular weight excluding hydrogens is 384 g/mol. The zero-order valence-corrected chi connectivity index (χ0v) is 16.6. The van der Waals surface area contributed by atoms with Crippen molar-refractivity contribution >= 4 is 21.6 Å². The Morgan fingerprint density at radius 3 is 0.964 bits per heavy atom. The van der Waals surface area contributed by atoms with Crippen molar-refractivity contribution < 1.29 is 0 Å². The van der Waals surface area contributed by atoms with Gasteiger partial charge in [0.05, 0.1) is 10.5 Å². The monoisotopic (exact) mass is 402 g/mol. The quantitative estimate of drug-likeness (QED) is 0.379. The van der Waals surface area contributed by atoms with Crippen molar-refractivity contribution in [1.29, 1.82) is 0 Å². The molecule has 4 nitrogen and oxygen atoms in total. The maximum Gasteiger partial charge on any atom is 0.0680 e. The lowest BCUT2D eigenvalue weighted by Crippen LogP contribution is -2.00. The Bertz CT molecular complexity index is 808. The van der Waals surface area contributed by atoms with E-state index in [9.17, 15) is 0 Å². The Kier molecular flexibility index (Phi) is 6.32. The lowest BCUT2D eigenvalue weighted by Gasteiger charge is -2.21. The predicted molar refractivity (Wildman–Crippen MR) is 116 cm³/mol. The van der Waals surface area contributed by atoms with Crippen LogP contribution in [0.25, 0.3) is 0 Å². The number of pyridine rings is 4. The van der Waals surface area contributed by atoms with Gasteiger partial charge < -0.3 is 0 Å². The highest BCUT2D eigenvalue weighted by molar-refractivity contribution is 8.76. The van der Waals surface area contributed by atoms with Gasteiger partial charge in [0.1, 0.15) is 0 Å². The molecule has 138 valence electrons. The second kappa shape index (κ2) is 9.48. The summed E-state index contributed by atoms with van der Waals surface area (Å²) in [5.74, 6) is 0. The summed E-state index contributed by atoms with van der Waals surface area (Å²) in [6.07, 6.45) is 14.9. The molecular formula is C22H18N4S2. The van der Waals surface area contributed by atoms with E-state index in [0.717, 1.165) is 22.3 Å². The molecule has 4 heterocycles. The van der Waals surface area contributed by atoms with E-state index in [4.69, 9.17) is 0 Å². The molecule has 0 saturated heterocycles. The molecule has 4 aromatic heterocycles. The molecule has 0 atom stereocenters.